The third-order valence-corrected chi connectivity index (χ3v) is 8.83. The highest BCUT2D eigenvalue weighted by Gasteiger charge is 2.56. The van der Waals surface area contributed by atoms with Crippen molar-refractivity contribution in [3.63, 3.8) is 0 Å². The molecule has 2 aliphatic heterocycles. The van der Waals surface area contributed by atoms with Gasteiger partial charge in [0.25, 0.3) is 5.91 Å². The number of carbonyl (C=O) groups excluding carboxylic acids is 2. The smallest absolute Gasteiger partial charge is 0.316 e. The van der Waals surface area contributed by atoms with Crippen LogP contribution < -0.4 is 0 Å². The summed E-state index contributed by atoms with van der Waals surface area (Å²) < 4.78 is 7.75. The number of nitrogens with zero attached hydrogens (tertiary/aromatic N) is 6. The van der Waals surface area contributed by atoms with Crippen LogP contribution in [0.5, 0.6) is 0 Å². The van der Waals surface area contributed by atoms with E-state index >= 15 is 0 Å². The molecule has 3 aromatic rings. The van der Waals surface area contributed by atoms with Crippen LogP contribution in [0.15, 0.2) is 71.0 Å². The number of thioether (sulfide) groups is 2. The van der Waals surface area contributed by atoms with Gasteiger partial charge in [0.05, 0.1) is 0 Å². The molecule has 0 bridgehead atoms. The van der Waals surface area contributed by atoms with E-state index in [1.54, 1.807) is 11.9 Å². The molecule has 2 fully saturated rings. The Morgan fingerprint density at radius 3 is 2.46 bits per heavy atom. The summed E-state index contributed by atoms with van der Waals surface area (Å²) >= 11 is 2.72. The van der Waals surface area contributed by atoms with Crippen LogP contribution >= 0.6 is 23.5 Å². The van der Waals surface area contributed by atoms with Gasteiger partial charge in [-0.3, -0.25) is 9.59 Å². The van der Waals surface area contributed by atoms with E-state index in [1.165, 1.54) is 28.2 Å². The van der Waals surface area contributed by atoms with E-state index in [-0.39, 0.29) is 23.5 Å². The topological polar surface area (TPSA) is 123 Å². The Hall–Kier alpha value is -3.38. The van der Waals surface area contributed by atoms with Crippen molar-refractivity contribution in [3.8, 4) is 0 Å². The lowest BCUT2D eigenvalue weighted by molar-refractivity contribution is -0.159. The molecule has 1 N–H and O–H groups in total. The van der Waals surface area contributed by atoms with E-state index in [4.69, 9.17) is 4.74 Å². The third-order valence-electron chi connectivity index (χ3n) is 6.02. The van der Waals surface area contributed by atoms with Gasteiger partial charge in [0.15, 0.2) is 11.8 Å². The zero-order chi connectivity index (χ0) is 24.4. The second-order valence-corrected chi connectivity index (χ2v) is 10.4. The second-order valence-electron chi connectivity index (χ2n) is 8.34. The van der Waals surface area contributed by atoms with E-state index in [9.17, 15) is 14.8 Å². The summed E-state index contributed by atoms with van der Waals surface area (Å²) in [7, 11) is 1.72. The SMILES string of the molecule is Cn1nnnc1SCC1(C(=O)OC(c2ccccc2)c2ccccc2)CS[C@@H]2C(=NO)C(=O)N2C1. The Morgan fingerprint density at radius 1 is 1.23 bits per heavy atom. The number of carbonyl (C=O) groups is 2. The van der Waals surface area contributed by atoms with Gasteiger partial charge < -0.3 is 14.8 Å². The minimum absolute atomic E-state index is 0.105. The molecule has 0 saturated carbocycles. The molecule has 0 radical (unpaired) electrons. The number of tetrazole rings is 1. The molecule has 1 unspecified atom stereocenters. The quantitative estimate of drug-likeness (QED) is 0.168. The first-order valence-electron chi connectivity index (χ1n) is 10.8. The average Bonchev–Trinajstić information content (AvgIpc) is 3.31. The van der Waals surface area contributed by atoms with Gasteiger partial charge in [-0.15, -0.1) is 16.9 Å². The molecule has 2 atom stereocenters. The molecular formula is C23H22N6O4S2. The molecule has 2 aliphatic rings. The van der Waals surface area contributed by atoms with E-state index in [0.29, 0.717) is 16.7 Å². The fraction of sp³-hybridized carbons (Fsp3) is 0.304. The Bertz CT molecular complexity index is 1220. The fourth-order valence-corrected chi connectivity index (χ4v) is 6.71. The first kappa shape index (κ1) is 23.4. The Balaban J connectivity index is 1.45. The van der Waals surface area contributed by atoms with Gasteiger partial charge >= 0.3 is 5.97 Å². The van der Waals surface area contributed by atoms with Crippen molar-refractivity contribution < 1.29 is 19.5 Å². The normalized spacial score (nSPS) is 22.7. The molecule has 35 heavy (non-hydrogen) atoms. The van der Waals surface area contributed by atoms with Crippen LogP contribution in [0.1, 0.15) is 17.2 Å². The summed E-state index contributed by atoms with van der Waals surface area (Å²) in [5.41, 5.74) is 0.788. The highest BCUT2D eigenvalue weighted by atomic mass is 32.2. The van der Waals surface area contributed by atoms with Crippen LogP contribution in [0, 0.1) is 5.41 Å². The molecule has 0 spiro atoms. The lowest BCUT2D eigenvalue weighted by atomic mass is 9.89. The number of fused-ring (bicyclic) bond motifs is 1. The summed E-state index contributed by atoms with van der Waals surface area (Å²) in [6, 6.07) is 19.1. The highest BCUT2D eigenvalue weighted by molar-refractivity contribution is 8.01. The maximum atomic E-state index is 13.9. The largest absolute Gasteiger partial charge is 0.452 e. The first-order chi connectivity index (χ1) is 17.0. The van der Waals surface area contributed by atoms with Crippen molar-refractivity contribution in [1.29, 1.82) is 0 Å². The van der Waals surface area contributed by atoms with E-state index in [2.05, 4.69) is 20.7 Å². The number of hydrogen-bond donors (Lipinski definition) is 1. The molecule has 2 aromatic carbocycles. The number of aromatic nitrogens is 4. The van der Waals surface area contributed by atoms with Crippen molar-refractivity contribution in [2.45, 2.75) is 16.6 Å². The van der Waals surface area contributed by atoms with Crippen LogP contribution in [-0.2, 0) is 21.4 Å². The predicted octanol–water partition coefficient (Wildman–Crippen LogP) is 2.37. The van der Waals surface area contributed by atoms with Gasteiger partial charge in [0.1, 0.15) is 10.8 Å². The van der Waals surface area contributed by atoms with E-state index in [0.717, 1.165) is 11.1 Å². The number of aryl methyl sites for hydroxylation is 1. The van der Waals surface area contributed by atoms with Gasteiger partial charge in [0.2, 0.25) is 5.16 Å². The molecule has 180 valence electrons. The van der Waals surface area contributed by atoms with Crippen molar-refractivity contribution in [2.75, 3.05) is 18.1 Å². The summed E-state index contributed by atoms with van der Waals surface area (Å²) in [4.78, 5) is 28.0. The number of oxime groups is 1. The monoisotopic (exact) mass is 510 g/mol. The van der Waals surface area contributed by atoms with Gasteiger partial charge in [-0.25, -0.2) is 4.68 Å². The van der Waals surface area contributed by atoms with Crippen molar-refractivity contribution in [3.05, 3.63) is 71.8 Å². The van der Waals surface area contributed by atoms with E-state index < -0.39 is 17.5 Å². The lowest BCUT2D eigenvalue weighted by Gasteiger charge is -2.50. The van der Waals surface area contributed by atoms with Gasteiger partial charge in [-0.2, -0.15) is 0 Å². The van der Waals surface area contributed by atoms with Crippen LogP contribution in [0.3, 0.4) is 0 Å². The number of β-lactam (4-membered cyclic amide) rings is 1. The van der Waals surface area contributed by atoms with Gasteiger partial charge in [-0.05, 0) is 21.6 Å². The molecule has 1 amide bonds. The molecule has 5 rings (SSSR count). The average molecular weight is 511 g/mol. The maximum Gasteiger partial charge on any atom is 0.316 e. The first-order valence-corrected chi connectivity index (χ1v) is 12.9. The van der Waals surface area contributed by atoms with E-state index in [1.807, 2.05) is 60.7 Å². The molecule has 0 aliphatic carbocycles. The lowest BCUT2D eigenvalue weighted by Crippen LogP contribution is -2.68. The van der Waals surface area contributed by atoms with Crippen LogP contribution in [0.2, 0.25) is 0 Å². The van der Waals surface area contributed by atoms with Gasteiger partial charge in [-0.1, -0.05) is 77.6 Å². The zero-order valence-corrected chi connectivity index (χ0v) is 20.4. The number of ether oxygens (including phenoxy) is 1. The van der Waals surface area contributed by atoms with Crippen LogP contribution in [0.4, 0.5) is 0 Å². The maximum absolute atomic E-state index is 13.9. The van der Waals surface area contributed by atoms with Crippen LogP contribution in [-0.4, -0.2) is 71.3 Å². The third kappa shape index (κ3) is 4.39. The molecule has 10 nitrogen and oxygen atoms in total. The van der Waals surface area contributed by atoms with Gasteiger partial charge in [0, 0.05) is 25.1 Å². The number of benzene rings is 2. The minimum Gasteiger partial charge on any atom is -0.452 e. The Morgan fingerprint density at radius 2 is 1.89 bits per heavy atom. The standard InChI is InChI=1S/C23H22N6O4S2/c1-28-22(24-26-27-28)35-14-23(12-29-19(30)17(25-32)20(29)34-13-23)21(31)33-18(15-8-4-2-5-9-15)16-10-6-3-7-11-16/h2-11,18,20,32H,12-14H2,1H3/t20-,23?/m1/s1. The molecular weight excluding hydrogens is 488 g/mol. The minimum atomic E-state index is -1.02. The molecule has 12 heteroatoms. The highest BCUT2D eigenvalue weighted by Crippen LogP contribution is 2.44. The van der Waals surface area contributed by atoms with Crippen molar-refractivity contribution in [2.24, 2.45) is 17.6 Å². The number of esters is 1. The number of hydrogen-bond acceptors (Lipinski definition) is 10. The number of rotatable bonds is 7. The molecule has 2 saturated heterocycles. The van der Waals surface area contributed by atoms with Crippen molar-refractivity contribution in [1.82, 2.24) is 25.1 Å². The Labute approximate surface area is 209 Å². The second kappa shape index (κ2) is 9.70. The summed E-state index contributed by atoms with van der Waals surface area (Å²) in [5.74, 6) is -0.0971. The summed E-state index contributed by atoms with van der Waals surface area (Å²) in [6.07, 6.45) is -0.604. The number of amides is 1. The molecule has 1 aromatic heterocycles. The van der Waals surface area contributed by atoms with Crippen LogP contribution in [0.25, 0.3) is 0 Å². The van der Waals surface area contributed by atoms with Crippen molar-refractivity contribution >= 4 is 41.1 Å². The Kier molecular flexibility index (Phi) is 6.48. The zero-order valence-electron chi connectivity index (χ0n) is 18.7. The predicted molar refractivity (Wildman–Crippen MR) is 130 cm³/mol. The summed E-state index contributed by atoms with van der Waals surface area (Å²) in [6.45, 7) is 0.149. The summed E-state index contributed by atoms with van der Waals surface area (Å²) in [5, 5.41) is 24.0. The fourth-order valence-electron chi connectivity index (χ4n) is 4.10. The molecule has 3 heterocycles.